The SMILES string of the molecule is CCCn1cc(C(CSC(C)CC)NN)cn1. The van der Waals surface area contributed by atoms with Crippen LogP contribution in [0.4, 0.5) is 0 Å². The molecule has 0 radical (unpaired) electrons. The van der Waals surface area contributed by atoms with Crippen LogP contribution >= 0.6 is 11.8 Å². The van der Waals surface area contributed by atoms with Crippen LogP contribution in [0, 0.1) is 0 Å². The molecule has 1 heterocycles. The second-order valence-corrected chi connectivity index (χ2v) is 5.78. The number of hydrogen-bond acceptors (Lipinski definition) is 4. The number of hydrazine groups is 1. The predicted octanol–water partition coefficient (Wildman–Crippen LogP) is 2.33. The molecule has 0 spiro atoms. The fourth-order valence-electron chi connectivity index (χ4n) is 1.53. The van der Waals surface area contributed by atoms with Gasteiger partial charge in [0.25, 0.3) is 0 Å². The molecule has 0 aromatic carbocycles. The molecule has 5 heteroatoms. The molecule has 98 valence electrons. The summed E-state index contributed by atoms with van der Waals surface area (Å²) in [5, 5.41) is 5.01. The smallest absolute Gasteiger partial charge is 0.0581 e. The van der Waals surface area contributed by atoms with Gasteiger partial charge in [-0.2, -0.15) is 16.9 Å². The minimum absolute atomic E-state index is 0.194. The van der Waals surface area contributed by atoms with Gasteiger partial charge in [0.15, 0.2) is 0 Å². The molecule has 0 saturated carbocycles. The Morgan fingerprint density at radius 3 is 2.88 bits per heavy atom. The first-order chi connectivity index (χ1) is 8.21. The second kappa shape index (κ2) is 7.74. The highest BCUT2D eigenvalue weighted by molar-refractivity contribution is 7.99. The molecule has 1 rings (SSSR count). The molecular weight excluding hydrogens is 232 g/mol. The van der Waals surface area contributed by atoms with E-state index in [1.807, 2.05) is 22.6 Å². The first kappa shape index (κ1) is 14.5. The average molecular weight is 256 g/mol. The van der Waals surface area contributed by atoms with Crippen LogP contribution in [0.25, 0.3) is 0 Å². The van der Waals surface area contributed by atoms with E-state index in [4.69, 9.17) is 5.84 Å². The molecule has 0 fully saturated rings. The van der Waals surface area contributed by atoms with Crippen molar-refractivity contribution in [2.45, 2.75) is 51.4 Å². The van der Waals surface area contributed by atoms with E-state index >= 15 is 0 Å². The molecule has 2 atom stereocenters. The van der Waals surface area contributed by atoms with Crippen LogP contribution in [0.5, 0.6) is 0 Å². The van der Waals surface area contributed by atoms with Crippen LogP contribution in [-0.2, 0) is 6.54 Å². The molecule has 0 bridgehead atoms. The van der Waals surface area contributed by atoms with Gasteiger partial charge in [-0.25, -0.2) is 0 Å². The van der Waals surface area contributed by atoms with Crippen molar-refractivity contribution in [3.05, 3.63) is 18.0 Å². The lowest BCUT2D eigenvalue weighted by Crippen LogP contribution is -2.29. The number of nitrogens with zero attached hydrogens (tertiary/aromatic N) is 2. The maximum Gasteiger partial charge on any atom is 0.0581 e. The highest BCUT2D eigenvalue weighted by Gasteiger charge is 2.13. The number of thioether (sulfide) groups is 1. The van der Waals surface area contributed by atoms with E-state index in [0.717, 1.165) is 18.7 Å². The van der Waals surface area contributed by atoms with Gasteiger partial charge in [0.2, 0.25) is 0 Å². The van der Waals surface area contributed by atoms with E-state index in [1.54, 1.807) is 0 Å². The van der Waals surface area contributed by atoms with Gasteiger partial charge in [-0.1, -0.05) is 20.8 Å². The first-order valence-corrected chi connectivity index (χ1v) is 7.36. The first-order valence-electron chi connectivity index (χ1n) is 6.31. The highest BCUT2D eigenvalue weighted by atomic mass is 32.2. The molecule has 2 unspecified atom stereocenters. The zero-order valence-corrected chi connectivity index (χ0v) is 11.8. The number of rotatable bonds is 8. The van der Waals surface area contributed by atoms with Crippen LogP contribution in [-0.4, -0.2) is 20.8 Å². The number of nitrogens with one attached hydrogen (secondary N) is 1. The van der Waals surface area contributed by atoms with Crippen molar-refractivity contribution < 1.29 is 0 Å². The summed E-state index contributed by atoms with van der Waals surface area (Å²) in [6.45, 7) is 7.58. The van der Waals surface area contributed by atoms with Crippen molar-refractivity contribution in [1.82, 2.24) is 15.2 Å². The van der Waals surface area contributed by atoms with Gasteiger partial charge in [-0.05, 0) is 12.8 Å². The van der Waals surface area contributed by atoms with Crippen LogP contribution in [0.1, 0.15) is 45.2 Å². The number of aryl methyl sites for hydroxylation is 1. The Balaban J connectivity index is 2.53. The minimum atomic E-state index is 0.194. The summed E-state index contributed by atoms with van der Waals surface area (Å²) >= 11 is 1.95. The fourth-order valence-corrected chi connectivity index (χ4v) is 2.58. The van der Waals surface area contributed by atoms with Gasteiger partial charge in [-0.3, -0.25) is 16.0 Å². The van der Waals surface area contributed by atoms with E-state index in [-0.39, 0.29) is 6.04 Å². The maximum absolute atomic E-state index is 5.62. The molecule has 0 aliphatic heterocycles. The second-order valence-electron chi connectivity index (χ2n) is 4.31. The van der Waals surface area contributed by atoms with Crippen molar-refractivity contribution in [3.8, 4) is 0 Å². The van der Waals surface area contributed by atoms with E-state index < -0.39 is 0 Å². The lowest BCUT2D eigenvalue weighted by Gasteiger charge is -2.16. The van der Waals surface area contributed by atoms with E-state index in [1.165, 1.54) is 12.0 Å². The molecule has 3 N–H and O–H groups in total. The summed E-state index contributed by atoms with van der Waals surface area (Å²) < 4.78 is 1.98. The van der Waals surface area contributed by atoms with Crippen LogP contribution in [0.3, 0.4) is 0 Å². The molecule has 0 aliphatic carbocycles. The molecule has 0 amide bonds. The maximum atomic E-state index is 5.62. The molecule has 0 saturated heterocycles. The van der Waals surface area contributed by atoms with Crippen molar-refractivity contribution in [2.24, 2.45) is 5.84 Å². The summed E-state index contributed by atoms with van der Waals surface area (Å²) in [7, 11) is 0. The zero-order valence-electron chi connectivity index (χ0n) is 11.0. The topological polar surface area (TPSA) is 55.9 Å². The van der Waals surface area contributed by atoms with E-state index in [9.17, 15) is 0 Å². The summed E-state index contributed by atoms with van der Waals surface area (Å²) in [6, 6.07) is 0.194. The Bertz CT molecular complexity index is 313. The molecule has 0 aliphatic rings. The van der Waals surface area contributed by atoms with Crippen LogP contribution < -0.4 is 11.3 Å². The van der Waals surface area contributed by atoms with Crippen molar-refractivity contribution in [2.75, 3.05) is 5.75 Å². The molecular formula is C12H24N4S. The third kappa shape index (κ3) is 4.69. The zero-order chi connectivity index (χ0) is 12.7. The van der Waals surface area contributed by atoms with Crippen molar-refractivity contribution >= 4 is 11.8 Å². The molecule has 1 aromatic rings. The third-order valence-corrected chi connectivity index (χ3v) is 4.26. The fraction of sp³-hybridized carbons (Fsp3) is 0.750. The normalized spacial score (nSPS) is 14.8. The lowest BCUT2D eigenvalue weighted by molar-refractivity contribution is 0.592. The Morgan fingerprint density at radius 1 is 1.53 bits per heavy atom. The van der Waals surface area contributed by atoms with Gasteiger partial charge >= 0.3 is 0 Å². The number of nitrogens with two attached hydrogens (primary N) is 1. The Labute approximate surface area is 108 Å². The summed E-state index contributed by atoms with van der Waals surface area (Å²) in [5.41, 5.74) is 4.06. The van der Waals surface area contributed by atoms with E-state index in [0.29, 0.717) is 5.25 Å². The lowest BCUT2D eigenvalue weighted by atomic mass is 10.2. The number of aromatic nitrogens is 2. The van der Waals surface area contributed by atoms with Crippen molar-refractivity contribution in [1.29, 1.82) is 0 Å². The summed E-state index contributed by atoms with van der Waals surface area (Å²) in [6.07, 6.45) is 6.29. The van der Waals surface area contributed by atoms with Crippen molar-refractivity contribution in [3.63, 3.8) is 0 Å². The molecule has 4 nitrogen and oxygen atoms in total. The standard InChI is InChI=1S/C12H24N4S/c1-4-6-16-8-11(7-14-16)12(15-13)9-17-10(3)5-2/h7-8,10,12,15H,4-6,9,13H2,1-3H3. The van der Waals surface area contributed by atoms with Crippen LogP contribution in [0.15, 0.2) is 12.4 Å². The van der Waals surface area contributed by atoms with Gasteiger partial charge in [0.05, 0.1) is 12.2 Å². The minimum Gasteiger partial charge on any atom is -0.272 e. The monoisotopic (exact) mass is 256 g/mol. The molecule has 1 aromatic heterocycles. The van der Waals surface area contributed by atoms with Gasteiger partial charge in [-0.15, -0.1) is 0 Å². The van der Waals surface area contributed by atoms with Crippen LogP contribution in [0.2, 0.25) is 0 Å². The molecule has 17 heavy (non-hydrogen) atoms. The summed E-state index contributed by atoms with van der Waals surface area (Å²) in [5.74, 6) is 6.60. The highest BCUT2D eigenvalue weighted by Crippen LogP contribution is 2.21. The Kier molecular flexibility index (Phi) is 6.62. The van der Waals surface area contributed by atoms with Gasteiger partial charge in [0.1, 0.15) is 0 Å². The Morgan fingerprint density at radius 2 is 2.29 bits per heavy atom. The largest absolute Gasteiger partial charge is 0.272 e. The predicted molar refractivity (Wildman–Crippen MR) is 74.8 cm³/mol. The quantitative estimate of drug-likeness (QED) is 0.553. The van der Waals surface area contributed by atoms with Gasteiger partial charge in [0, 0.05) is 29.3 Å². The van der Waals surface area contributed by atoms with E-state index in [2.05, 4.69) is 37.5 Å². The van der Waals surface area contributed by atoms with Gasteiger partial charge < -0.3 is 0 Å². The third-order valence-electron chi connectivity index (χ3n) is 2.83. The number of hydrogen-bond donors (Lipinski definition) is 2. The average Bonchev–Trinajstić information content (AvgIpc) is 2.78. The Hall–Kier alpha value is -0.520. The summed E-state index contributed by atoms with van der Waals surface area (Å²) in [4.78, 5) is 0.